The maximum absolute atomic E-state index is 13.4. The molecule has 11 heteroatoms. The number of anilines is 1. The van der Waals surface area contributed by atoms with Crippen LogP contribution in [0.15, 0.2) is 35.1 Å². The number of carbonyl (C=O) groups excluding carboxylic acids is 3. The van der Waals surface area contributed by atoms with Crippen LogP contribution in [-0.4, -0.2) is 85.2 Å². The van der Waals surface area contributed by atoms with Crippen LogP contribution in [-0.2, 0) is 14.3 Å². The Kier molecular flexibility index (Phi) is 5.88. The highest BCUT2D eigenvalue weighted by Crippen LogP contribution is 2.41. The van der Waals surface area contributed by atoms with Gasteiger partial charge in [0.05, 0.1) is 32.9 Å². The lowest BCUT2D eigenvalue weighted by atomic mass is 10.1. The van der Waals surface area contributed by atoms with Gasteiger partial charge < -0.3 is 24.0 Å². The molecular formula is C22H27N5O6. The third kappa shape index (κ3) is 3.62. The third-order valence-corrected chi connectivity index (χ3v) is 5.86. The summed E-state index contributed by atoms with van der Waals surface area (Å²) in [4.78, 5) is 48.9. The minimum atomic E-state index is -0.735. The molecule has 11 nitrogen and oxygen atoms in total. The monoisotopic (exact) mass is 457 g/mol. The number of rotatable bonds is 7. The molecule has 0 aromatic heterocycles. The molecule has 0 N–H and O–H groups in total. The van der Waals surface area contributed by atoms with Crippen molar-refractivity contribution in [1.82, 2.24) is 14.7 Å². The van der Waals surface area contributed by atoms with Crippen LogP contribution >= 0.6 is 0 Å². The fourth-order valence-electron chi connectivity index (χ4n) is 4.27. The number of urea groups is 1. The Bertz CT molecular complexity index is 1050. The molecule has 33 heavy (non-hydrogen) atoms. The second-order valence-corrected chi connectivity index (χ2v) is 7.78. The van der Waals surface area contributed by atoms with Crippen LogP contribution in [0.1, 0.15) is 20.3 Å². The van der Waals surface area contributed by atoms with Crippen molar-refractivity contribution in [3.05, 3.63) is 30.1 Å². The smallest absolute Gasteiger partial charge is 0.328 e. The number of imide groups is 1. The number of ether oxygens (including phenoxy) is 3. The molecule has 1 aromatic rings. The normalized spacial score (nSPS) is 21.6. The Hall–Kier alpha value is -3.76. The summed E-state index contributed by atoms with van der Waals surface area (Å²) < 4.78 is 15.8. The molecule has 1 aromatic carbocycles. The first-order valence-corrected chi connectivity index (χ1v) is 10.6. The van der Waals surface area contributed by atoms with Gasteiger partial charge >= 0.3 is 12.0 Å². The molecule has 0 bridgehead atoms. The van der Waals surface area contributed by atoms with Crippen LogP contribution in [0.25, 0.3) is 0 Å². The number of esters is 1. The Morgan fingerprint density at radius 1 is 1.18 bits per heavy atom. The van der Waals surface area contributed by atoms with Crippen molar-refractivity contribution in [2.75, 3.05) is 39.3 Å². The number of fused-ring (bicyclic) bond motifs is 3. The summed E-state index contributed by atoms with van der Waals surface area (Å²) in [5, 5.41) is 0. The fraction of sp³-hybridized carbons (Fsp3) is 0.455. The first-order valence-electron chi connectivity index (χ1n) is 10.6. The van der Waals surface area contributed by atoms with Gasteiger partial charge in [-0.05, 0) is 26.0 Å². The molecule has 3 amide bonds. The van der Waals surface area contributed by atoms with E-state index in [2.05, 4.69) is 0 Å². The van der Waals surface area contributed by atoms with E-state index in [-0.39, 0.29) is 19.6 Å². The average molecular weight is 457 g/mol. The number of aliphatic imine (C=N–C) groups is 1. The number of nitrogens with zero attached hydrogens (tertiary/aromatic N) is 5. The van der Waals surface area contributed by atoms with Crippen LogP contribution in [0.3, 0.4) is 0 Å². The zero-order valence-corrected chi connectivity index (χ0v) is 19.3. The zero-order valence-electron chi connectivity index (χ0n) is 19.3. The Morgan fingerprint density at radius 2 is 1.94 bits per heavy atom. The molecule has 3 heterocycles. The minimum Gasteiger partial charge on any atom is -0.497 e. The van der Waals surface area contributed by atoms with E-state index < -0.39 is 30.1 Å². The van der Waals surface area contributed by atoms with Gasteiger partial charge in [0, 0.05) is 31.6 Å². The molecule has 0 spiro atoms. The summed E-state index contributed by atoms with van der Waals surface area (Å²) in [5.41, 5.74) is 1.52. The van der Waals surface area contributed by atoms with E-state index in [1.165, 1.54) is 4.90 Å². The number of benzene rings is 1. The molecule has 0 aliphatic carbocycles. The number of likely N-dealkylation sites (N-methyl/N-ethyl adjacent to an activating group) is 1. The topological polar surface area (TPSA) is 104 Å². The summed E-state index contributed by atoms with van der Waals surface area (Å²) in [6.45, 7) is 3.79. The second kappa shape index (κ2) is 8.64. The van der Waals surface area contributed by atoms with Crippen molar-refractivity contribution in [1.29, 1.82) is 0 Å². The van der Waals surface area contributed by atoms with Crippen molar-refractivity contribution in [2.45, 2.75) is 32.5 Å². The molecule has 3 aliphatic heterocycles. The minimum absolute atomic E-state index is 0.0522. The van der Waals surface area contributed by atoms with Crippen molar-refractivity contribution in [2.24, 2.45) is 4.99 Å². The van der Waals surface area contributed by atoms with E-state index in [4.69, 9.17) is 19.2 Å². The number of allylic oxidation sites excluding steroid dienone is 1. The zero-order chi connectivity index (χ0) is 23.9. The van der Waals surface area contributed by atoms with E-state index >= 15 is 0 Å². The van der Waals surface area contributed by atoms with Gasteiger partial charge in [0.2, 0.25) is 5.96 Å². The third-order valence-electron chi connectivity index (χ3n) is 5.86. The molecule has 176 valence electrons. The van der Waals surface area contributed by atoms with Crippen LogP contribution in [0.5, 0.6) is 11.5 Å². The van der Waals surface area contributed by atoms with Crippen LogP contribution in [0.2, 0.25) is 0 Å². The van der Waals surface area contributed by atoms with E-state index in [1.807, 2.05) is 24.1 Å². The summed E-state index contributed by atoms with van der Waals surface area (Å²) in [6, 6.07) is 4.18. The van der Waals surface area contributed by atoms with Gasteiger partial charge in [-0.25, -0.2) is 9.79 Å². The number of guanidine groups is 1. The van der Waals surface area contributed by atoms with Gasteiger partial charge in [-0.3, -0.25) is 19.4 Å². The Labute approximate surface area is 191 Å². The Morgan fingerprint density at radius 3 is 2.61 bits per heavy atom. The van der Waals surface area contributed by atoms with Crippen molar-refractivity contribution in [3.63, 3.8) is 0 Å². The highest BCUT2D eigenvalue weighted by molar-refractivity contribution is 6.10. The van der Waals surface area contributed by atoms with Gasteiger partial charge in [-0.15, -0.1) is 0 Å². The number of hydrogen-bond donors (Lipinski definition) is 0. The molecule has 2 atom stereocenters. The fourth-order valence-corrected chi connectivity index (χ4v) is 4.27. The van der Waals surface area contributed by atoms with Crippen molar-refractivity contribution in [3.8, 4) is 11.5 Å². The summed E-state index contributed by atoms with van der Waals surface area (Å²) in [5.74, 6) is 0.889. The lowest BCUT2D eigenvalue weighted by Crippen LogP contribution is -2.64. The molecule has 4 rings (SSSR count). The summed E-state index contributed by atoms with van der Waals surface area (Å²) in [6.07, 6.45) is 1.07. The van der Waals surface area contributed by atoms with Crippen LogP contribution in [0.4, 0.5) is 10.5 Å². The van der Waals surface area contributed by atoms with E-state index in [0.717, 1.165) is 10.6 Å². The van der Waals surface area contributed by atoms with Crippen LogP contribution < -0.4 is 14.4 Å². The Balaban J connectivity index is 1.65. The maximum atomic E-state index is 13.4. The molecular weight excluding hydrogens is 430 g/mol. The van der Waals surface area contributed by atoms with Gasteiger partial charge in [-0.2, -0.15) is 0 Å². The molecule has 3 aliphatic rings. The maximum Gasteiger partial charge on any atom is 0.328 e. The lowest BCUT2D eigenvalue weighted by molar-refractivity contribution is -0.144. The quantitative estimate of drug-likeness (QED) is 0.569. The summed E-state index contributed by atoms with van der Waals surface area (Å²) in [7, 11) is 4.76. The SMILES string of the molecule is CCOC(=O)CCN1C(=O)C2C(N=C3N(c4cc(OC)ccc4OC)C(C)=CN32)N(C)C1=O. The second-order valence-electron chi connectivity index (χ2n) is 7.78. The average Bonchev–Trinajstić information content (AvgIpc) is 3.31. The van der Waals surface area contributed by atoms with Gasteiger partial charge in [0.15, 0.2) is 12.2 Å². The lowest BCUT2D eigenvalue weighted by Gasteiger charge is -2.40. The largest absolute Gasteiger partial charge is 0.497 e. The van der Waals surface area contributed by atoms with E-state index in [0.29, 0.717) is 23.1 Å². The highest BCUT2D eigenvalue weighted by atomic mass is 16.5. The first-order chi connectivity index (χ1) is 15.8. The predicted molar refractivity (Wildman–Crippen MR) is 119 cm³/mol. The number of methoxy groups -OCH3 is 2. The van der Waals surface area contributed by atoms with Gasteiger partial charge in [-0.1, -0.05) is 0 Å². The molecule has 0 radical (unpaired) electrons. The van der Waals surface area contributed by atoms with Gasteiger partial charge in [0.1, 0.15) is 11.5 Å². The van der Waals surface area contributed by atoms with Crippen molar-refractivity contribution < 1.29 is 28.6 Å². The molecule has 0 saturated carbocycles. The first kappa shape index (κ1) is 22.4. The van der Waals surface area contributed by atoms with Crippen LogP contribution in [0, 0.1) is 0 Å². The summed E-state index contributed by atoms with van der Waals surface area (Å²) >= 11 is 0. The highest BCUT2D eigenvalue weighted by Gasteiger charge is 2.54. The van der Waals surface area contributed by atoms with Gasteiger partial charge in [0.25, 0.3) is 5.91 Å². The molecule has 1 saturated heterocycles. The molecule has 2 unspecified atom stereocenters. The number of hydrogen-bond acceptors (Lipinski definition) is 9. The standard InChI is InChI=1S/C22H27N5O6/c1-6-33-17(28)9-10-25-20(29)18-19(24(3)22(25)30)23-21-26(18)12-13(2)27(21)15-11-14(31-4)7-8-16(15)32-5/h7-8,11-12,18-19H,6,9-10H2,1-5H3. The predicted octanol–water partition coefficient (Wildman–Crippen LogP) is 1.60. The number of amides is 3. The van der Waals surface area contributed by atoms with E-state index in [1.54, 1.807) is 45.2 Å². The van der Waals surface area contributed by atoms with E-state index in [9.17, 15) is 14.4 Å². The molecule has 1 fully saturated rings. The van der Waals surface area contributed by atoms with Crippen molar-refractivity contribution >= 4 is 29.6 Å². The number of carbonyl (C=O) groups is 3.